The van der Waals surface area contributed by atoms with Gasteiger partial charge in [0, 0.05) is 30.7 Å². The highest BCUT2D eigenvalue weighted by atomic mass is 19.2. The zero-order valence-electron chi connectivity index (χ0n) is 17.1. The van der Waals surface area contributed by atoms with Gasteiger partial charge < -0.3 is 10.6 Å². The summed E-state index contributed by atoms with van der Waals surface area (Å²) in [6.45, 7) is 1.72. The van der Waals surface area contributed by atoms with Crippen molar-refractivity contribution in [2.75, 3.05) is 0 Å². The fourth-order valence-corrected chi connectivity index (χ4v) is 3.42. The predicted octanol–water partition coefficient (Wildman–Crippen LogP) is 1.26. The lowest BCUT2D eigenvalue weighted by Crippen LogP contribution is -2.45. The maximum Gasteiger partial charge on any atom is 0.335 e. The molecule has 1 aliphatic heterocycles. The Morgan fingerprint density at radius 2 is 1.88 bits per heavy atom. The van der Waals surface area contributed by atoms with E-state index in [2.05, 4.69) is 15.6 Å². The number of fused-ring (bicyclic) bond motifs is 1. The zero-order chi connectivity index (χ0) is 22.8. The fraction of sp³-hybridized carbons (Fsp3) is 0.182. The molecule has 2 N–H and O–H groups in total. The highest BCUT2D eigenvalue weighted by Crippen LogP contribution is 2.12. The summed E-state index contributed by atoms with van der Waals surface area (Å²) in [7, 11) is 0. The van der Waals surface area contributed by atoms with E-state index in [0.717, 1.165) is 22.3 Å². The number of nitrogens with zero attached hydrogens (tertiary/aromatic N) is 3. The van der Waals surface area contributed by atoms with Crippen molar-refractivity contribution < 1.29 is 13.6 Å². The Balaban J connectivity index is 1.65. The zero-order valence-corrected chi connectivity index (χ0v) is 17.1. The second kappa shape index (κ2) is 8.58. The van der Waals surface area contributed by atoms with Gasteiger partial charge in [-0.2, -0.15) is 0 Å². The molecule has 0 fully saturated rings. The molecule has 0 aliphatic carbocycles. The number of amides is 1. The third kappa shape index (κ3) is 4.07. The van der Waals surface area contributed by atoms with E-state index >= 15 is 0 Å². The Morgan fingerprint density at radius 3 is 2.59 bits per heavy atom. The molecule has 2 aromatic heterocycles. The molecule has 10 heteroatoms. The molecule has 0 atom stereocenters. The minimum atomic E-state index is -1.07. The van der Waals surface area contributed by atoms with Gasteiger partial charge in [0.2, 0.25) is 0 Å². The molecule has 1 aliphatic rings. The van der Waals surface area contributed by atoms with Gasteiger partial charge in [0.1, 0.15) is 5.70 Å². The van der Waals surface area contributed by atoms with Crippen LogP contribution in [0.1, 0.15) is 22.4 Å². The summed E-state index contributed by atoms with van der Waals surface area (Å²) in [5.41, 5.74) is 0.799. The molecule has 32 heavy (non-hydrogen) atoms. The number of carbonyl (C=O) groups is 1. The van der Waals surface area contributed by atoms with Gasteiger partial charge in [-0.25, -0.2) is 13.6 Å². The highest BCUT2D eigenvalue weighted by molar-refractivity contribution is 5.95. The molecule has 0 bridgehead atoms. The van der Waals surface area contributed by atoms with E-state index < -0.39 is 28.8 Å². The van der Waals surface area contributed by atoms with Crippen molar-refractivity contribution in [3.63, 3.8) is 0 Å². The molecule has 1 amide bonds. The fourth-order valence-electron chi connectivity index (χ4n) is 3.42. The van der Waals surface area contributed by atoms with Crippen LogP contribution in [0.5, 0.6) is 0 Å². The van der Waals surface area contributed by atoms with Crippen molar-refractivity contribution in [2.24, 2.45) is 0 Å². The van der Waals surface area contributed by atoms with Crippen LogP contribution in [0, 0.1) is 18.6 Å². The molecular weight excluding hydrogens is 420 g/mol. The third-order valence-electron chi connectivity index (χ3n) is 5.20. The number of rotatable bonds is 5. The van der Waals surface area contributed by atoms with E-state index in [9.17, 15) is 23.2 Å². The molecule has 3 heterocycles. The van der Waals surface area contributed by atoms with Crippen molar-refractivity contribution in [2.45, 2.75) is 26.6 Å². The lowest BCUT2D eigenvalue weighted by Gasteiger charge is -2.22. The molecule has 8 nitrogen and oxygen atoms in total. The minimum absolute atomic E-state index is 0.108. The SMILES string of the molecule is Cc1c2n(c(=O)n(Cc3ccc(F)c(F)c3)c1=O)C=C(C(=O)NCc1ccncc1)NC2. The number of hydrogen-bond donors (Lipinski definition) is 2. The maximum atomic E-state index is 13.6. The quantitative estimate of drug-likeness (QED) is 0.624. The first-order valence-corrected chi connectivity index (χ1v) is 9.76. The Morgan fingerprint density at radius 1 is 1.12 bits per heavy atom. The van der Waals surface area contributed by atoms with Crippen LogP contribution >= 0.6 is 0 Å². The van der Waals surface area contributed by atoms with Crippen LogP contribution in [0.15, 0.2) is 58.0 Å². The summed E-state index contributed by atoms with van der Waals surface area (Å²) in [5.74, 6) is -2.51. The lowest BCUT2D eigenvalue weighted by atomic mass is 10.1. The Hall–Kier alpha value is -4.08. The van der Waals surface area contributed by atoms with E-state index in [4.69, 9.17) is 0 Å². The third-order valence-corrected chi connectivity index (χ3v) is 5.20. The van der Waals surface area contributed by atoms with Crippen molar-refractivity contribution in [1.29, 1.82) is 0 Å². The highest BCUT2D eigenvalue weighted by Gasteiger charge is 2.22. The number of benzene rings is 1. The Labute approximate surface area is 180 Å². The lowest BCUT2D eigenvalue weighted by molar-refractivity contribution is -0.118. The second-order valence-corrected chi connectivity index (χ2v) is 7.30. The summed E-state index contributed by atoms with van der Waals surface area (Å²) < 4.78 is 28.9. The van der Waals surface area contributed by atoms with E-state index in [1.54, 1.807) is 31.5 Å². The number of hydrogen-bond acceptors (Lipinski definition) is 5. The molecule has 0 unspecified atom stereocenters. The van der Waals surface area contributed by atoms with Crippen LogP contribution in [-0.2, 0) is 24.4 Å². The number of nitrogens with one attached hydrogen (secondary N) is 2. The van der Waals surface area contributed by atoms with E-state index in [0.29, 0.717) is 11.3 Å². The smallest absolute Gasteiger partial charge is 0.335 e. The molecule has 4 rings (SSSR count). The van der Waals surface area contributed by atoms with Gasteiger partial charge in [0.25, 0.3) is 11.5 Å². The van der Waals surface area contributed by atoms with Gasteiger partial charge in [-0.3, -0.25) is 23.7 Å². The van der Waals surface area contributed by atoms with Gasteiger partial charge in [0.15, 0.2) is 11.6 Å². The van der Waals surface area contributed by atoms with Gasteiger partial charge >= 0.3 is 5.69 Å². The number of carbonyl (C=O) groups excluding carboxylic acids is 1. The first-order valence-electron chi connectivity index (χ1n) is 9.76. The van der Waals surface area contributed by atoms with Gasteiger partial charge in [0.05, 0.1) is 18.8 Å². The predicted molar refractivity (Wildman–Crippen MR) is 112 cm³/mol. The van der Waals surface area contributed by atoms with E-state index in [1.807, 2.05) is 0 Å². The van der Waals surface area contributed by atoms with Gasteiger partial charge in [-0.05, 0) is 42.3 Å². The number of aromatic nitrogens is 3. The average molecular weight is 439 g/mol. The molecule has 164 valence electrons. The monoisotopic (exact) mass is 439 g/mol. The largest absolute Gasteiger partial charge is 0.374 e. The van der Waals surface area contributed by atoms with Crippen molar-refractivity contribution in [3.05, 3.63) is 103 Å². The molecular formula is C22H19F2N5O3. The van der Waals surface area contributed by atoms with Gasteiger partial charge in [-0.15, -0.1) is 0 Å². The minimum Gasteiger partial charge on any atom is -0.374 e. The van der Waals surface area contributed by atoms with E-state index in [1.165, 1.54) is 16.8 Å². The Kier molecular flexibility index (Phi) is 5.67. The first kappa shape index (κ1) is 21.2. The first-order chi connectivity index (χ1) is 15.3. The van der Waals surface area contributed by atoms with Gasteiger partial charge in [-0.1, -0.05) is 6.07 Å². The Bertz CT molecular complexity index is 1350. The normalized spacial score (nSPS) is 12.5. The molecule has 0 radical (unpaired) electrons. The van der Waals surface area contributed by atoms with Crippen LogP contribution in [0.3, 0.4) is 0 Å². The maximum absolute atomic E-state index is 13.6. The second-order valence-electron chi connectivity index (χ2n) is 7.30. The summed E-state index contributed by atoms with van der Waals surface area (Å²) in [4.78, 5) is 42.3. The standard InChI is InChI=1S/C22H19F2N5O3/c1-13-19-10-26-18(20(30)27-9-14-4-6-25-7-5-14)12-28(19)22(32)29(21(13)31)11-15-2-3-16(23)17(24)8-15/h2-8,12,26H,9-11H2,1H3,(H,27,30). The van der Waals surface area contributed by atoms with Crippen LogP contribution in [-0.4, -0.2) is 20.0 Å². The number of pyridine rings is 1. The van der Waals surface area contributed by atoms with Crippen molar-refractivity contribution in [3.8, 4) is 0 Å². The molecule has 0 saturated carbocycles. The molecule has 0 spiro atoms. The summed E-state index contributed by atoms with van der Waals surface area (Å²) in [6.07, 6.45) is 4.56. The topological polar surface area (TPSA) is 98.0 Å². The number of halogens is 2. The summed E-state index contributed by atoms with van der Waals surface area (Å²) in [6, 6.07) is 6.72. The van der Waals surface area contributed by atoms with Crippen LogP contribution < -0.4 is 21.9 Å². The van der Waals surface area contributed by atoms with Crippen LogP contribution in [0.2, 0.25) is 0 Å². The molecule has 1 aromatic carbocycles. The van der Waals surface area contributed by atoms with Crippen molar-refractivity contribution in [1.82, 2.24) is 24.8 Å². The van der Waals surface area contributed by atoms with Crippen LogP contribution in [0.4, 0.5) is 8.78 Å². The summed E-state index contributed by atoms with van der Waals surface area (Å²) >= 11 is 0. The van der Waals surface area contributed by atoms with Crippen molar-refractivity contribution >= 4 is 12.1 Å². The van der Waals surface area contributed by atoms with E-state index in [-0.39, 0.29) is 30.9 Å². The average Bonchev–Trinajstić information content (AvgIpc) is 2.81. The molecule has 0 saturated heterocycles. The van der Waals surface area contributed by atoms with Crippen LogP contribution in [0.25, 0.3) is 6.20 Å². The summed E-state index contributed by atoms with van der Waals surface area (Å²) in [5, 5.41) is 5.68. The molecule has 3 aromatic rings.